The predicted octanol–water partition coefficient (Wildman–Crippen LogP) is 0.969. The Kier molecular flexibility index (Phi) is 3.24. The van der Waals surface area contributed by atoms with Crippen LogP contribution in [0.5, 0.6) is 0 Å². The van der Waals surface area contributed by atoms with Crippen molar-refractivity contribution in [3.63, 3.8) is 0 Å². The number of morpholine rings is 1. The summed E-state index contributed by atoms with van der Waals surface area (Å²) in [5, 5.41) is 6.68. The van der Waals surface area contributed by atoms with Crippen LogP contribution in [0.4, 0.5) is 0 Å². The number of carbonyl (C=O) groups is 1. The summed E-state index contributed by atoms with van der Waals surface area (Å²) in [5.41, 5.74) is 1.49. The Morgan fingerprint density at radius 3 is 3.19 bits per heavy atom. The molecule has 16 heavy (non-hydrogen) atoms. The number of hydrogen-bond donors (Lipinski definition) is 1. The zero-order chi connectivity index (χ0) is 11.5. The maximum atomic E-state index is 12.3. The van der Waals surface area contributed by atoms with Gasteiger partial charge in [-0.3, -0.25) is 9.89 Å². The van der Waals surface area contributed by atoms with Crippen LogP contribution in [0.2, 0.25) is 0 Å². The number of nitrogens with one attached hydrogen (secondary N) is 1. The molecule has 0 spiro atoms. The van der Waals surface area contributed by atoms with Crippen molar-refractivity contribution >= 4 is 5.91 Å². The first-order valence-electron chi connectivity index (χ1n) is 5.62. The molecule has 0 aliphatic carbocycles. The van der Waals surface area contributed by atoms with Crippen molar-refractivity contribution < 1.29 is 9.53 Å². The predicted molar refractivity (Wildman–Crippen MR) is 59.3 cm³/mol. The first-order valence-corrected chi connectivity index (χ1v) is 5.62. The number of H-pyrrole nitrogens is 1. The second-order valence-corrected chi connectivity index (χ2v) is 4.04. The van der Waals surface area contributed by atoms with E-state index in [1.54, 1.807) is 6.20 Å². The monoisotopic (exact) mass is 223 g/mol. The lowest BCUT2D eigenvalue weighted by Gasteiger charge is -2.35. The highest BCUT2D eigenvalue weighted by Crippen LogP contribution is 2.15. The molecule has 1 saturated heterocycles. The maximum Gasteiger partial charge on any atom is 0.257 e. The fraction of sp³-hybridized carbons (Fsp3) is 0.636. The number of nitrogens with zero attached hydrogens (tertiary/aromatic N) is 2. The van der Waals surface area contributed by atoms with E-state index in [-0.39, 0.29) is 11.9 Å². The van der Waals surface area contributed by atoms with Crippen molar-refractivity contribution in [1.29, 1.82) is 0 Å². The van der Waals surface area contributed by atoms with E-state index < -0.39 is 0 Å². The Balaban J connectivity index is 2.17. The van der Waals surface area contributed by atoms with Crippen molar-refractivity contribution in [2.75, 3.05) is 19.8 Å². The molecule has 5 nitrogen and oxygen atoms in total. The molecule has 1 aliphatic heterocycles. The second-order valence-electron chi connectivity index (χ2n) is 4.04. The standard InChI is InChI=1S/C11H17N3O2/c1-3-9-7-16-5-4-14(9)11(15)10-6-12-13-8(10)2/h6,9H,3-5,7H2,1-2H3,(H,12,13). The van der Waals surface area contributed by atoms with Gasteiger partial charge >= 0.3 is 0 Å². The number of hydrogen-bond acceptors (Lipinski definition) is 3. The summed E-state index contributed by atoms with van der Waals surface area (Å²) in [4.78, 5) is 14.2. The van der Waals surface area contributed by atoms with E-state index in [1.165, 1.54) is 0 Å². The maximum absolute atomic E-state index is 12.3. The molecule has 2 heterocycles. The molecule has 88 valence electrons. The molecule has 2 rings (SSSR count). The molecule has 1 unspecified atom stereocenters. The van der Waals surface area contributed by atoms with E-state index in [2.05, 4.69) is 17.1 Å². The summed E-state index contributed by atoms with van der Waals surface area (Å²) in [6.07, 6.45) is 2.52. The second kappa shape index (κ2) is 4.65. The van der Waals surface area contributed by atoms with Gasteiger partial charge in [0, 0.05) is 12.2 Å². The van der Waals surface area contributed by atoms with Crippen LogP contribution >= 0.6 is 0 Å². The van der Waals surface area contributed by atoms with Gasteiger partial charge in [-0.1, -0.05) is 6.92 Å². The van der Waals surface area contributed by atoms with Crippen molar-refractivity contribution in [2.24, 2.45) is 0 Å². The number of aromatic nitrogens is 2. The third-order valence-corrected chi connectivity index (χ3v) is 3.02. The van der Waals surface area contributed by atoms with Gasteiger partial charge in [-0.25, -0.2) is 0 Å². The van der Waals surface area contributed by atoms with Gasteiger partial charge in [0.2, 0.25) is 0 Å². The SMILES string of the molecule is CCC1COCCN1C(=O)c1cn[nH]c1C. The van der Waals surface area contributed by atoms with Gasteiger partial charge in [0.25, 0.3) is 5.91 Å². The molecule has 1 aliphatic rings. The van der Waals surface area contributed by atoms with Crippen LogP contribution in [-0.4, -0.2) is 46.8 Å². The van der Waals surface area contributed by atoms with Crippen molar-refractivity contribution in [2.45, 2.75) is 26.3 Å². The number of amides is 1. The summed E-state index contributed by atoms with van der Waals surface area (Å²) in [7, 11) is 0. The highest BCUT2D eigenvalue weighted by molar-refractivity contribution is 5.95. The Morgan fingerprint density at radius 1 is 1.75 bits per heavy atom. The van der Waals surface area contributed by atoms with Gasteiger partial charge in [0.1, 0.15) is 0 Å². The Morgan fingerprint density at radius 2 is 2.56 bits per heavy atom. The zero-order valence-electron chi connectivity index (χ0n) is 9.69. The quantitative estimate of drug-likeness (QED) is 0.812. The van der Waals surface area contributed by atoms with E-state index in [0.717, 1.165) is 12.1 Å². The molecule has 0 aromatic carbocycles. The fourth-order valence-electron chi connectivity index (χ4n) is 1.98. The van der Waals surface area contributed by atoms with Crippen LogP contribution in [0.25, 0.3) is 0 Å². The third kappa shape index (κ3) is 1.95. The Hall–Kier alpha value is -1.36. The summed E-state index contributed by atoms with van der Waals surface area (Å²) in [5.74, 6) is 0.0569. The molecule has 1 amide bonds. The molecule has 1 atom stereocenters. The van der Waals surface area contributed by atoms with Crippen LogP contribution in [-0.2, 0) is 4.74 Å². The van der Waals surface area contributed by atoms with Crippen LogP contribution in [0.1, 0.15) is 29.4 Å². The molecular formula is C11H17N3O2. The fourth-order valence-corrected chi connectivity index (χ4v) is 1.98. The van der Waals surface area contributed by atoms with Gasteiger partial charge in [0.05, 0.1) is 31.0 Å². The Labute approximate surface area is 94.8 Å². The molecule has 1 aromatic rings. The summed E-state index contributed by atoms with van der Waals surface area (Å²) in [6.45, 7) is 5.86. The zero-order valence-corrected chi connectivity index (χ0v) is 9.69. The molecule has 1 aromatic heterocycles. The minimum atomic E-state index is 0.0569. The topological polar surface area (TPSA) is 58.2 Å². The van der Waals surface area contributed by atoms with Crippen LogP contribution in [0.3, 0.4) is 0 Å². The molecule has 0 radical (unpaired) electrons. The van der Waals surface area contributed by atoms with Gasteiger partial charge < -0.3 is 9.64 Å². The summed E-state index contributed by atoms with van der Waals surface area (Å²) < 4.78 is 5.38. The van der Waals surface area contributed by atoms with Crippen LogP contribution in [0, 0.1) is 6.92 Å². The average Bonchev–Trinajstić information content (AvgIpc) is 2.74. The highest BCUT2D eigenvalue weighted by atomic mass is 16.5. The van der Waals surface area contributed by atoms with Crippen molar-refractivity contribution in [1.82, 2.24) is 15.1 Å². The van der Waals surface area contributed by atoms with E-state index in [4.69, 9.17) is 4.74 Å². The molecule has 0 bridgehead atoms. The first kappa shape index (κ1) is 11.1. The van der Waals surface area contributed by atoms with Gasteiger partial charge in [-0.15, -0.1) is 0 Å². The van der Waals surface area contributed by atoms with E-state index >= 15 is 0 Å². The molecule has 0 saturated carbocycles. The van der Waals surface area contributed by atoms with Crippen molar-refractivity contribution in [3.05, 3.63) is 17.5 Å². The lowest BCUT2D eigenvalue weighted by molar-refractivity contribution is -0.00283. The largest absolute Gasteiger partial charge is 0.377 e. The normalized spacial score (nSPS) is 21.1. The minimum Gasteiger partial charge on any atom is -0.377 e. The smallest absolute Gasteiger partial charge is 0.257 e. The number of carbonyl (C=O) groups excluding carboxylic acids is 1. The Bertz CT molecular complexity index is 375. The van der Waals surface area contributed by atoms with Crippen LogP contribution < -0.4 is 0 Å². The van der Waals surface area contributed by atoms with E-state index in [9.17, 15) is 4.79 Å². The minimum absolute atomic E-state index is 0.0569. The van der Waals surface area contributed by atoms with E-state index in [0.29, 0.717) is 25.3 Å². The molecular weight excluding hydrogens is 206 g/mol. The van der Waals surface area contributed by atoms with E-state index in [1.807, 2.05) is 11.8 Å². The molecule has 1 fully saturated rings. The summed E-state index contributed by atoms with van der Waals surface area (Å²) in [6, 6.07) is 0.190. The number of ether oxygens (including phenoxy) is 1. The number of aromatic amines is 1. The molecule has 5 heteroatoms. The molecule has 1 N–H and O–H groups in total. The van der Waals surface area contributed by atoms with Gasteiger partial charge in [-0.2, -0.15) is 5.10 Å². The van der Waals surface area contributed by atoms with Gasteiger partial charge in [-0.05, 0) is 13.3 Å². The van der Waals surface area contributed by atoms with Crippen LogP contribution in [0.15, 0.2) is 6.20 Å². The van der Waals surface area contributed by atoms with Crippen molar-refractivity contribution in [3.8, 4) is 0 Å². The number of aryl methyl sites for hydroxylation is 1. The lowest BCUT2D eigenvalue weighted by atomic mass is 10.1. The average molecular weight is 223 g/mol. The lowest BCUT2D eigenvalue weighted by Crippen LogP contribution is -2.48. The third-order valence-electron chi connectivity index (χ3n) is 3.02. The first-order chi connectivity index (χ1) is 7.74. The summed E-state index contributed by atoms with van der Waals surface area (Å²) >= 11 is 0. The highest BCUT2D eigenvalue weighted by Gasteiger charge is 2.28. The van der Waals surface area contributed by atoms with Gasteiger partial charge in [0.15, 0.2) is 0 Å². The number of rotatable bonds is 2.